The van der Waals surface area contributed by atoms with Gasteiger partial charge in [-0.1, -0.05) is 20.8 Å². The summed E-state index contributed by atoms with van der Waals surface area (Å²) in [5.74, 6) is 0.145. The third kappa shape index (κ3) is 4.45. The second kappa shape index (κ2) is 8.27. The number of likely N-dealkylation sites (tertiary alicyclic amines) is 1. The van der Waals surface area contributed by atoms with Crippen LogP contribution >= 0.6 is 0 Å². The largest absolute Gasteiger partial charge is 0.342 e. The topological polar surface area (TPSA) is 95.2 Å². The lowest BCUT2D eigenvalue weighted by atomic mass is 9.82. The number of hydrogen-bond acceptors (Lipinski definition) is 4. The maximum Gasteiger partial charge on any atom is 0.274 e. The maximum atomic E-state index is 13.1. The van der Waals surface area contributed by atoms with E-state index in [0.29, 0.717) is 37.2 Å². The molecule has 0 unspecified atom stereocenters. The molecule has 2 bridgehead atoms. The molecule has 0 radical (unpaired) electrons. The molecule has 2 aliphatic heterocycles. The van der Waals surface area contributed by atoms with Gasteiger partial charge in [-0.15, -0.1) is 0 Å². The van der Waals surface area contributed by atoms with Crippen LogP contribution in [0.4, 0.5) is 5.69 Å². The highest BCUT2D eigenvalue weighted by atomic mass is 16.2. The predicted octanol–water partition coefficient (Wildman–Crippen LogP) is 3.35. The fourth-order valence-corrected chi connectivity index (χ4v) is 4.70. The molecule has 166 valence electrons. The van der Waals surface area contributed by atoms with Gasteiger partial charge in [0, 0.05) is 43.2 Å². The Morgan fingerprint density at radius 3 is 2.47 bits per heavy atom. The third-order valence-electron chi connectivity index (χ3n) is 6.16. The van der Waals surface area contributed by atoms with Crippen molar-refractivity contribution in [2.75, 3.05) is 18.4 Å². The quantitative estimate of drug-likeness (QED) is 0.805. The monoisotopic (exact) mass is 432 g/mol. The molecule has 2 amide bonds. The smallest absolute Gasteiger partial charge is 0.274 e. The Balaban J connectivity index is 1.53. The molecule has 4 rings (SSSR count). The summed E-state index contributed by atoms with van der Waals surface area (Å²) >= 11 is 0. The number of hydrogen-bond donors (Lipinski definition) is 1. The highest BCUT2D eigenvalue weighted by Gasteiger charge is 2.37. The first-order chi connectivity index (χ1) is 15.1. The number of nitriles is 1. The summed E-state index contributed by atoms with van der Waals surface area (Å²) in [4.78, 5) is 40.4. The van der Waals surface area contributed by atoms with Crippen molar-refractivity contribution >= 4 is 17.5 Å². The van der Waals surface area contributed by atoms with Crippen molar-refractivity contribution in [2.24, 2.45) is 11.3 Å². The van der Waals surface area contributed by atoms with Crippen molar-refractivity contribution in [3.63, 3.8) is 0 Å². The maximum absolute atomic E-state index is 13.1. The molecule has 7 heteroatoms. The molecule has 2 aromatic rings. The minimum atomic E-state index is -0.387. The Morgan fingerprint density at radius 2 is 1.81 bits per heavy atom. The summed E-state index contributed by atoms with van der Waals surface area (Å²) in [7, 11) is 0. The number of amides is 2. The first-order valence-electron chi connectivity index (χ1n) is 11.0. The number of rotatable bonds is 3. The predicted molar refractivity (Wildman–Crippen MR) is 121 cm³/mol. The lowest BCUT2D eigenvalue weighted by Crippen LogP contribution is -2.49. The molecule has 0 saturated carbocycles. The van der Waals surface area contributed by atoms with Crippen LogP contribution in [0.5, 0.6) is 0 Å². The average Bonchev–Trinajstić information content (AvgIpc) is 2.74. The van der Waals surface area contributed by atoms with Crippen LogP contribution in [0.25, 0.3) is 0 Å². The van der Waals surface area contributed by atoms with E-state index in [9.17, 15) is 14.4 Å². The van der Waals surface area contributed by atoms with Gasteiger partial charge < -0.3 is 14.8 Å². The molecule has 3 heterocycles. The van der Waals surface area contributed by atoms with Crippen LogP contribution in [0.3, 0.4) is 0 Å². The molecule has 1 saturated heterocycles. The van der Waals surface area contributed by atoms with Crippen LogP contribution in [0, 0.1) is 22.7 Å². The molecule has 32 heavy (non-hydrogen) atoms. The third-order valence-corrected chi connectivity index (χ3v) is 6.16. The van der Waals surface area contributed by atoms with Crippen LogP contribution in [0.2, 0.25) is 0 Å². The van der Waals surface area contributed by atoms with Gasteiger partial charge in [0.05, 0.1) is 11.6 Å². The van der Waals surface area contributed by atoms with Crippen LogP contribution < -0.4 is 10.9 Å². The lowest BCUT2D eigenvalue weighted by Gasteiger charge is -2.43. The SMILES string of the molecule is CC(C)(C)CC(=O)N1C[C@H]2C[C@H](C1)c1ccc(NC(=O)c3ccc(C#N)cc3)c(=O)n1C2. The van der Waals surface area contributed by atoms with Gasteiger partial charge in [0.15, 0.2) is 0 Å². The van der Waals surface area contributed by atoms with E-state index in [0.717, 1.165) is 12.1 Å². The summed E-state index contributed by atoms with van der Waals surface area (Å²) in [5, 5.41) is 11.6. The highest BCUT2D eigenvalue weighted by molar-refractivity contribution is 6.04. The molecule has 1 aromatic carbocycles. The zero-order valence-electron chi connectivity index (χ0n) is 18.7. The number of nitrogens with zero attached hydrogens (tertiary/aromatic N) is 3. The molecule has 1 fully saturated rings. The van der Waals surface area contributed by atoms with E-state index in [1.165, 1.54) is 0 Å². The second-order valence-electron chi connectivity index (χ2n) is 10.1. The Bertz CT molecular complexity index is 1150. The van der Waals surface area contributed by atoms with Gasteiger partial charge in [-0.2, -0.15) is 5.26 Å². The van der Waals surface area contributed by atoms with E-state index in [4.69, 9.17) is 5.26 Å². The van der Waals surface area contributed by atoms with Crippen LogP contribution in [0.1, 0.15) is 61.1 Å². The summed E-state index contributed by atoms with van der Waals surface area (Å²) in [6.45, 7) is 8.04. The normalized spacial score (nSPS) is 19.6. The highest BCUT2D eigenvalue weighted by Crippen LogP contribution is 2.36. The van der Waals surface area contributed by atoms with Crippen molar-refractivity contribution in [1.29, 1.82) is 5.26 Å². The zero-order chi connectivity index (χ0) is 23.0. The minimum Gasteiger partial charge on any atom is -0.342 e. The van der Waals surface area contributed by atoms with Crippen molar-refractivity contribution in [3.05, 3.63) is 63.6 Å². The first-order valence-corrected chi connectivity index (χ1v) is 11.0. The van der Waals surface area contributed by atoms with E-state index in [1.807, 2.05) is 17.0 Å². The first kappa shape index (κ1) is 21.8. The van der Waals surface area contributed by atoms with Crippen molar-refractivity contribution in [2.45, 2.75) is 46.1 Å². The molecular formula is C25H28N4O3. The Labute approximate surface area is 187 Å². The Morgan fingerprint density at radius 1 is 1.09 bits per heavy atom. The standard InChI is InChI=1S/C25H28N4O3/c1-25(2,3)11-22(30)28-13-17-10-19(15-28)21-9-8-20(24(32)29(21)14-17)27-23(31)18-6-4-16(12-26)5-7-18/h4-9,17,19H,10-11,13-15H2,1-3H3,(H,27,31)/t17-,19-/m1/s1. The van der Waals surface area contributed by atoms with Crippen molar-refractivity contribution in [1.82, 2.24) is 9.47 Å². The number of anilines is 1. The summed E-state index contributed by atoms with van der Waals surface area (Å²) in [6, 6.07) is 11.9. The van der Waals surface area contributed by atoms with Crippen LogP contribution in [-0.2, 0) is 11.3 Å². The fourth-order valence-electron chi connectivity index (χ4n) is 4.70. The number of piperidine rings is 1. The zero-order valence-corrected chi connectivity index (χ0v) is 18.7. The molecule has 7 nitrogen and oxygen atoms in total. The molecule has 2 aliphatic rings. The van der Waals surface area contributed by atoms with E-state index in [-0.39, 0.29) is 40.3 Å². The van der Waals surface area contributed by atoms with E-state index < -0.39 is 0 Å². The number of carbonyl (C=O) groups excluding carboxylic acids is 2. The molecule has 1 N–H and O–H groups in total. The average molecular weight is 433 g/mol. The summed E-state index contributed by atoms with van der Waals surface area (Å²) < 4.78 is 1.76. The van der Waals surface area contributed by atoms with Gasteiger partial charge in [-0.05, 0) is 54.2 Å². The van der Waals surface area contributed by atoms with Gasteiger partial charge >= 0.3 is 0 Å². The molecule has 1 aromatic heterocycles. The number of fused-ring (bicyclic) bond motifs is 4. The Kier molecular flexibility index (Phi) is 5.64. The van der Waals surface area contributed by atoms with Crippen LogP contribution in [0.15, 0.2) is 41.2 Å². The van der Waals surface area contributed by atoms with Crippen molar-refractivity contribution in [3.8, 4) is 6.07 Å². The molecule has 0 aliphatic carbocycles. The summed E-state index contributed by atoms with van der Waals surface area (Å²) in [6.07, 6.45) is 1.48. The number of benzene rings is 1. The van der Waals surface area contributed by atoms with Gasteiger partial charge in [0.2, 0.25) is 5.91 Å². The van der Waals surface area contributed by atoms with Gasteiger partial charge in [-0.3, -0.25) is 14.4 Å². The molecule has 2 atom stereocenters. The van der Waals surface area contributed by atoms with Gasteiger partial charge in [-0.25, -0.2) is 0 Å². The van der Waals surface area contributed by atoms with E-state index >= 15 is 0 Å². The summed E-state index contributed by atoms with van der Waals surface area (Å²) in [5.41, 5.74) is 1.75. The fraction of sp³-hybridized carbons (Fsp3) is 0.440. The van der Waals surface area contributed by atoms with Gasteiger partial charge in [0.25, 0.3) is 11.5 Å². The van der Waals surface area contributed by atoms with Gasteiger partial charge in [0.1, 0.15) is 5.69 Å². The van der Waals surface area contributed by atoms with Crippen molar-refractivity contribution < 1.29 is 9.59 Å². The number of pyridine rings is 1. The van der Waals surface area contributed by atoms with E-state index in [1.54, 1.807) is 34.9 Å². The molecule has 0 spiro atoms. The minimum absolute atomic E-state index is 0.0550. The molecular weight excluding hydrogens is 404 g/mol. The Hall–Kier alpha value is -3.40. The van der Waals surface area contributed by atoms with E-state index in [2.05, 4.69) is 26.1 Å². The number of nitrogens with one attached hydrogen (secondary N) is 1. The second-order valence-corrected chi connectivity index (χ2v) is 10.1. The number of carbonyl (C=O) groups is 2. The lowest BCUT2D eigenvalue weighted by molar-refractivity contribution is -0.135. The number of aromatic nitrogens is 1. The van der Waals surface area contributed by atoms with Crippen LogP contribution in [-0.4, -0.2) is 34.4 Å².